The van der Waals surface area contributed by atoms with E-state index in [4.69, 9.17) is 0 Å². The summed E-state index contributed by atoms with van der Waals surface area (Å²) in [4.78, 5) is 7.35. The zero-order valence-electron chi connectivity index (χ0n) is 40.3. The summed E-state index contributed by atoms with van der Waals surface area (Å²) >= 11 is 0. The predicted octanol–water partition coefficient (Wildman–Crippen LogP) is 17.6. The van der Waals surface area contributed by atoms with Gasteiger partial charge in [0.15, 0.2) is 0 Å². The van der Waals surface area contributed by atoms with E-state index in [1.54, 1.807) is 0 Å². The van der Waals surface area contributed by atoms with E-state index in [0.29, 0.717) is 0 Å². The van der Waals surface area contributed by atoms with Crippen molar-refractivity contribution in [1.29, 1.82) is 0 Å². The molecule has 0 unspecified atom stereocenters. The fraction of sp³-hybridized carbons (Fsp3) is 0.152. The zero-order valence-corrected chi connectivity index (χ0v) is 40.3. The first-order chi connectivity index (χ1) is 33.5. The van der Waals surface area contributed by atoms with Crippen LogP contribution in [0.15, 0.2) is 212 Å². The number of rotatable bonds is 5. The maximum atomic E-state index is 2.48. The number of para-hydroxylation sites is 5. The number of hydrogen-bond acceptors (Lipinski definition) is 3. The quantitative estimate of drug-likeness (QED) is 0.159. The van der Waals surface area contributed by atoms with E-state index in [1.165, 1.54) is 112 Å². The molecule has 0 aromatic heterocycles. The molecule has 0 N–H and O–H groups in total. The first kappa shape index (κ1) is 41.3. The Labute approximate surface area is 407 Å². The lowest BCUT2D eigenvalue weighted by molar-refractivity contribution is 0.631. The number of nitrogens with zero attached hydrogens (tertiary/aromatic N) is 3. The van der Waals surface area contributed by atoms with Crippen molar-refractivity contribution >= 4 is 52.0 Å². The minimum Gasteiger partial charge on any atom is -0.310 e. The van der Waals surface area contributed by atoms with Crippen molar-refractivity contribution < 1.29 is 0 Å². The van der Waals surface area contributed by atoms with E-state index in [-0.39, 0.29) is 16.2 Å². The third-order valence-corrected chi connectivity index (χ3v) is 15.9. The van der Waals surface area contributed by atoms with E-state index < -0.39 is 0 Å². The molecule has 0 saturated heterocycles. The van der Waals surface area contributed by atoms with Crippen molar-refractivity contribution in [3.05, 3.63) is 256 Å². The van der Waals surface area contributed by atoms with Crippen molar-refractivity contribution in [2.45, 2.75) is 64.2 Å². The lowest BCUT2D eigenvalue weighted by Crippen LogP contribution is -2.30. The van der Waals surface area contributed by atoms with Crippen LogP contribution in [0.5, 0.6) is 0 Å². The summed E-state index contributed by atoms with van der Waals surface area (Å²) in [7, 11) is 0. The Morgan fingerprint density at radius 3 is 1.20 bits per heavy atom. The summed E-state index contributed by atoms with van der Waals surface area (Å²) < 4.78 is 0. The standard InChI is InChI=1S/C66H55N3/c1-64(2)52-21-13-15-23-58(52)68(59-24-16-14-22-53(59)64)46-33-37-50-48-35-31-43(39-54(48)65(3,4)56(50)41-46)29-30-44-32-36-49-51-38-34-47(42-57(51)66(5,6)55(49)40-44)69-62-26-12-8-11-25-60(62)67(45-19-9-7-10-20-45)61-27-17-18-28-63(61)69/h7,9-42H,8H2,1-6H3. The predicted molar refractivity (Wildman–Crippen MR) is 291 cm³/mol. The van der Waals surface area contributed by atoms with Gasteiger partial charge in [0, 0.05) is 33.3 Å². The molecule has 2 aliphatic heterocycles. The number of allylic oxidation sites excluding steroid dienone is 4. The van der Waals surface area contributed by atoms with Crippen molar-refractivity contribution in [3.63, 3.8) is 0 Å². The third-order valence-electron chi connectivity index (χ3n) is 15.9. The molecule has 0 fully saturated rings. The van der Waals surface area contributed by atoms with E-state index >= 15 is 0 Å². The molecule has 3 nitrogen and oxygen atoms in total. The molecule has 0 radical (unpaired) electrons. The molecule has 3 aliphatic carbocycles. The maximum absolute atomic E-state index is 2.48. The van der Waals surface area contributed by atoms with E-state index in [2.05, 4.69) is 269 Å². The molecule has 0 spiro atoms. The Bertz CT molecular complexity index is 3530. The van der Waals surface area contributed by atoms with Gasteiger partial charge in [0.05, 0.1) is 34.1 Å². The topological polar surface area (TPSA) is 9.72 Å². The summed E-state index contributed by atoms with van der Waals surface area (Å²) in [5.41, 5.74) is 26.2. The van der Waals surface area contributed by atoms with Crippen molar-refractivity contribution in [2.24, 2.45) is 0 Å². The van der Waals surface area contributed by atoms with Crippen LogP contribution in [0.25, 0.3) is 34.4 Å². The summed E-state index contributed by atoms with van der Waals surface area (Å²) in [5.74, 6) is 0. The highest BCUT2D eigenvalue weighted by Gasteiger charge is 2.41. The largest absolute Gasteiger partial charge is 0.310 e. The maximum Gasteiger partial charge on any atom is 0.0703 e. The van der Waals surface area contributed by atoms with Crippen LogP contribution in [0.3, 0.4) is 0 Å². The Morgan fingerprint density at radius 1 is 0.333 bits per heavy atom. The Hall–Kier alpha value is -7.88. The average Bonchev–Trinajstić information content (AvgIpc) is 3.56. The third kappa shape index (κ3) is 6.12. The summed E-state index contributed by atoms with van der Waals surface area (Å²) in [6, 6.07) is 65.8. The molecule has 8 aromatic carbocycles. The van der Waals surface area contributed by atoms with Gasteiger partial charge in [-0.2, -0.15) is 0 Å². The second-order valence-corrected chi connectivity index (χ2v) is 21.0. The fourth-order valence-electron chi connectivity index (χ4n) is 12.3. The number of fused-ring (bicyclic) bond motifs is 9. The van der Waals surface area contributed by atoms with Gasteiger partial charge in [-0.1, -0.05) is 181 Å². The second-order valence-electron chi connectivity index (χ2n) is 21.0. The smallest absolute Gasteiger partial charge is 0.0703 e. The minimum absolute atomic E-state index is 0.0908. The Balaban J connectivity index is 0.807. The molecule has 3 heteroatoms. The molecule has 0 atom stereocenters. The van der Waals surface area contributed by atoms with Crippen LogP contribution in [0.1, 0.15) is 92.5 Å². The molecule has 2 heterocycles. The highest BCUT2D eigenvalue weighted by atomic mass is 15.3. The second kappa shape index (κ2) is 15.1. The SMILES string of the molecule is CC1(C)c2cc(C=Cc3ccc4c(c3)C(C)(C)c3cc(N5c6ccccc6C(C)(C)c6ccccc65)ccc3-4)ccc2-c2ccc(N3C4=C(C=CCC=C4)N(c4ccccc4)c4ccccc43)cc21. The lowest BCUT2D eigenvalue weighted by Gasteiger charge is -2.42. The van der Waals surface area contributed by atoms with Crippen molar-refractivity contribution in [1.82, 2.24) is 0 Å². The summed E-state index contributed by atoms with van der Waals surface area (Å²) in [5, 5.41) is 0. The fourth-order valence-corrected chi connectivity index (χ4v) is 12.3. The number of benzene rings is 8. The first-order valence-electron chi connectivity index (χ1n) is 24.6. The van der Waals surface area contributed by atoms with Gasteiger partial charge >= 0.3 is 0 Å². The molecule has 0 bridgehead atoms. The highest BCUT2D eigenvalue weighted by molar-refractivity contribution is 5.94. The highest BCUT2D eigenvalue weighted by Crippen LogP contribution is 2.56. The molecule has 8 aromatic rings. The van der Waals surface area contributed by atoms with Gasteiger partial charge < -0.3 is 14.7 Å². The van der Waals surface area contributed by atoms with E-state index in [1.807, 2.05) is 0 Å². The molecular weight excluding hydrogens is 835 g/mol. The first-order valence-corrected chi connectivity index (χ1v) is 24.6. The van der Waals surface area contributed by atoms with Gasteiger partial charge in [0.2, 0.25) is 0 Å². The van der Waals surface area contributed by atoms with Gasteiger partial charge in [0.1, 0.15) is 0 Å². The zero-order chi connectivity index (χ0) is 46.8. The van der Waals surface area contributed by atoms with E-state index in [0.717, 1.165) is 12.1 Å². The molecule has 0 saturated carbocycles. The van der Waals surface area contributed by atoms with Crippen LogP contribution in [0.4, 0.5) is 39.8 Å². The minimum atomic E-state index is -0.191. The van der Waals surface area contributed by atoms with Gasteiger partial charge in [-0.3, -0.25) is 0 Å². The molecule has 334 valence electrons. The summed E-state index contributed by atoms with van der Waals surface area (Å²) in [6.07, 6.45) is 14.6. The van der Waals surface area contributed by atoms with Gasteiger partial charge in [-0.25, -0.2) is 0 Å². The van der Waals surface area contributed by atoms with Crippen LogP contribution in [-0.2, 0) is 16.2 Å². The van der Waals surface area contributed by atoms with Crippen molar-refractivity contribution in [3.8, 4) is 22.3 Å². The Morgan fingerprint density at radius 2 is 0.710 bits per heavy atom. The van der Waals surface area contributed by atoms with E-state index in [9.17, 15) is 0 Å². The van der Waals surface area contributed by atoms with Gasteiger partial charge in [-0.15, -0.1) is 0 Å². The van der Waals surface area contributed by atoms with Crippen LogP contribution in [0, 0.1) is 0 Å². The van der Waals surface area contributed by atoms with Crippen LogP contribution in [-0.4, -0.2) is 0 Å². The van der Waals surface area contributed by atoms with Gasteiger partial charge in [0.25, 0.3) is 0 Å². The molecule has 13 rings (SSSR count). The summed E-state index contributed by atoms with van der Waals surface area (Å²) in [6.45, 7) is 14.3. The molecule has 0 amide bonds. The van der Waals surface area contributed by atoms with Gasteiger partial charge in [-0.05, 0) is 146 Å². The number of hydrogen-bond donors (Lipinski definition) is 0. The average molecular weight is 890 g/mol. The monoisotopic (exact) mass is 889 g/mol. The van der Waals surface area contributed by atoms with Crippen molar-refractivity contribution in [2.75, 3.05) is 14.7 Å². The Kier molecular flexibility index (Phi) is 9.02. The molecule has 69 heavy (non-hydrogen) atoms. The lowest BCUT2D eigenvalue weighted by atomic mass is 9.73. The molecule has 5 aliphatic rings. The van der Waals surface area contributed by atoms with Crippen LogP contribution >= 0.6 is 0 Å². The molecular formula is C66H55N3. The number of anilines is 7. The van der Waals surface area contributed by atoms with Crippen LogP contribution in [0.2, 0.25) is 0 Å². The van der Waals surface area contributed by atoms with Crippen LogP contribution < -0.4 is 14.7 Å². The normalized spacial score (nSPS) is 17.1.